The molecule has 2 rings (SSSR count). The standard InChI is InChI=1S/C13H23NO3/c1-3-10(13(15)16-4-2)14-11-7-8-17-12(11)9-5-6-9/h9-12,14H,3-8H2,1-2H3. The van der Waals surface area contributed by atoms with Gasteiger partial charge in [-0.05, 0) is 38.5 Å². The van der Waals surface area contributed by atoms with Crippen LogP contribution in [-0.2, 0) is 14.3 Å². The van der Waals surface area contributed by atoms with E-state index in [0.717, 1.165) is 25.4 Å². The number of nitrogens with one attached hydrogen (secondary N) is 1. The molecule has 1 heterocycles. The first-order valence-electron chi connectivity index (χ1n) is 6.80. The number of esters is 1. The molecule has 1 saturated carbocycles. The minimum absolute atomic E-state index is 0.128. The number of carbonyl (C=O) groups is 1. The quantitative estimate of drug-likeness (QED) is 0.716. The van der Waals surface area contributed by atoms with Crippen LogP contribution in [0.4, 0.5) is 0 Å². The van der Waals surface area contributed by atoms with Gasteiger partial charge >= 0.3 is 5.97 Å². The van der Waals surface area contributed by atoms with Crippen molar-refractivity contribution in [1.82, 2.24) is 5.32 Å². The first kappa shape index (κ1) is 12.8. The monoisotopic (exact) mass is 241 g/mol. The van der Waals surface area contributed by atoms with Gasteiger partial charge in [0.1, 0.15) is 6.04 Å². The van der Waals surface area contributed by atoms with Crippen molar-refractivity contribution in [2.75, 3.05) is 13.2 Å². The molecule has 2 aliphatic rings. The highest BCUT2D eigenvalue weighted by Gasteiger charge is 2.41. The van der Waals surface area contributed by atoms with Gasteiger partial charge in [0, 0.05) is 12.6 Å². The molecule has 2 fully saturated rings. The summed E-state index contributed by atoms with van der Waals surface area (Å²) in [4.78, 5) is 11.7. The number of ether oxygens (including phenoxy) is 2. The Kier molecular flexibility index (Phi) is 4.40. The van der Waals surface area contributed by atoms with Crippen molar-refractivity contribution in [3.63, 3.8) is 0 Å². The predicted molar refractivity (Wildman–Crippen MR) is 64.7 cm³/mol. The molecule has 0 spiro atoms. The summed E-state index contributed by atoms with van der Waals surface area (Å²) in [6, 6.07) is 0.153. The molecule has 17 heavy (non-hydrogen) atoms. The normalized spacial score (nSPS) is 30.2. The molecule has 0 bridgehead atoms. The van der Waals surface area contributed by atoms with Crippen molar-refractivity contribution in [2.24, 2.45) is 5.92 Å². The predicted octanol–water partition coefficient (Wildman–Crippen LogP) is 1.49. The molecule has 1 N–H and O–H groups in total. The van der Waals surface area contributed by atoms with Gasteiger partial charge in [-0.1, -0.05) is 6.92 Å². The Morgan fingerprint density at radius 1 is 1.41 bits per heavy atom. The summed E-state index contributed by atoms with van der Waals surface area (Å²) >= 11 is 0. The van der Waals surface area contributed by atoms with E-state index in [9.17, 15) is 4.79 Å². The third-order valence-electron chi connectivity index (χ3n) is 3.62. The lowest BCUT2D eigenvalue weighted by atomic mass is 10.0. The maximum absolute atomic E-state index is 11.7. The Balaban J connectivity index is 1.86. The van der Waals surface area contributed by atoms with Crippen LogP contribution in [-0.4, -0.2) is 37.4 Å². The van der Waals surface area contributed by atoms with Gasteiger partial charge in [-0.2, -0.15) is 0 Å². The maximum atomic E-state index is 11.7. The molecule has 1 aliphatic heterocycles. The zero-order chi connectivity index (χ0) is 12.3. The molecule has 98 valence electrons. The van der Waals surface area contributed by atoms with Gasteiger partial charge in [0.05, 0.1) is 12.7 Å². The number of carbonyl (C=O) groups excluding carboxylic acids is 1. The highest BCUT2D eigenvalue weighted by atomic mass is 16.5. The zero-order valence-corrected chi connectivity index (χ0v) is 10.8. The summed E-state index contributed by atoms with van der Waals surface area (Å²) in [5.74, 6) is 0.589. The number of hydrogen-bond donors (Lipinski definition) is 1. The second kappa shape index (κ2) is 5.83. The summed E-state index contributed by atoms with van der Waals surface area (Å²) in [7, 11) is 0. The van der Waals surface area contributed by atoms with Gasteiger partial charge in [0.2, 0.25) is 0 Å². The van der Waals surface area contributed by atoms with Gasteiger partial charge in [0.15, 0.2) is 0 Å². The van der Waals surface area contributed by atoms with Crippen LogP contribution in [0.1, 0.15) is 39.5 Å². The summed E-state index contributed by atoms with van der Waals surface area (Å²) in [6.07, 6.45) is 4.65. The average Bonchev–Trinajstić information content (AvgIpc) is 3.06. The van der Waals surface area contributed by atoms with Gasteiger partial charge in [-0.3, -0.25) is 10.1 Å². The molecule has 0 aromatic heterocycles. The fourth-order valence-electron chi connectivity index (χ4n) is 2.53. The Hall–Kier alpha value is -0.610. The van der Waals surface area contributed by atoms with E-state index < -0.39 is 0 Å². The summed E-state index contributed by atoms with van der Waals surface area (Å²) in [5.41, 5.74) is 0. The van der Waals surface area contributed by atoms with Gasteiger partial charge < -0.3 is 9.47 Å². The van der Waals surface area contributed by atoms with Gasteiger partial charge in [-0.15, -0.1) is 0 Å². The maximum Gasteiger partial charge on any atom is 0.323 e. The molecule has 0 aromatic rings. The zero-order valence-electron chi connectivity index (χ0n) is 10.8. The molecule has 3 atom stereocenters. The molecule has 0 aromatic carbocycles. The van der Waals surface area contributed by atoms with E-state index in [1.54, 1.807) is 0 Å². The SMILES string of the molecule is CCOC(=O)C(CC)NC1CCOC1C1CC1. The van der Waals surface area contributed by atoms with Crippen molar-refractivity contribution in [3.8, 4) is 0 Å². The van der Waals surface area contributed by atoms with E-state index in [-0.39, 0.29) is 12.0 Å². The van der Waals surface area contributed by atoms with E-state index in [4.69, 9.17) is 9.47 Å². The van der Waals surface area contributed by atoms with E-state index >= 15 is 0 Å². The minimum Gasteiger partial charge on any atom is -0.465 e. The summed E-state index contributed by atoms with van der Waals surface area (Å²) in [5, 5.41) is 3.42. The molecule has 1 aliphatic carbocycles. The lowest BCUT2D eigenvalue weighted by Gasteiger charge is -2.24. The smallest absolute Gasteiger partial charge is 0.323 e. The van der Waals surface area contributed by atoms with Crippen LogP contribution >= 0.6 is 0 Å². The third kappa shape index (κ3) is 3.19. The van der Waals surface area contributed by atoms with Gasteiger partial charge in [0.25, 0.3) is 0 Å². The van der Waals surface area contributed by atoms with Crippen LogP contribution in [0.2, 0.25) is 0 Å². The first-order chi connectivity index (χ1) is 8.26. The molecular weight excluding hydrogens is 218 g/mol. The van der Waals surface area contributed by atoms with Crippen LogP contribution < -0.4 is 5.32 Å². The number of rotatable bonds is 6. The number of hydrogen-bond acceptors (Lipinski definition) is 4. The van der Waals surface area contributed by atoms with Crippen molar-refractivity contribution >= 4 is 5.97 Å². The van der Waals surface area contributed by atoms with E-state index in [1.807, 2.05) is 13.8 Å². The minimum atomic E-state index is -0.178. The second-order valence-electron chi connectivity index (χ2n) is 4.95. The molecule has 4 heteroatoms. The average molecular weight is 241 g/mol. The molecular formula is C13H23NO3. The van der Waals surface area contributed by atoms with Crippen molar-refractivity contribution in [3.05, 3.63) is 0 Å². The largest absolute Gasteiger partial charge is 0.465 e. The molecule has 0 radical (unpaired) electrons. The summed E-state index contributed by atoms with van der Waals surface area (Å²) < 4.78 is 10.8. The van der Waals surface area contributed by atoms with Crippen LogP contribution in [0, 0.1) is 5.92 Å². The fraction of sp³-hybridized carbons (Fsp3) is 0.923. The first-order valence-corrected chi connectivity index (χ1v) is 6.80. The molecule has 0 amide bonds. The van der Waals surface area contributed by atoms with Crippen LogP contribution in [0.5, 0.6) is 0 Å². The van der Waals surface area contributed by atoms with Crippen LogP contribution in [0.25, 0.3) is 0 Å². The van der Waals surface area contributed by atoms with E-state index in [0.29, 0.717) is 18.8 Å². The van der Waals surface area contributed by atoms with E-state index in [2.05, 4.69) is 5.32 Å². The van der Waals surface area contributed by atoms with Crippen LogP contribution in [0.15, 0.2) is 0 Å². The van der Waals surface area contributed by atoms with Crippen molar-refractivity contribution < 1.29 is 14.3 Å². The lowest BCUT2D eigenvalue weighted by Crippen LogP contribution is -2.47. The topological polar surface area (TPSA) is 47.6 Å². The Labute approximate surface area is 103 Å². The van der Waals surface area contributed by atoms with E-state index in [1.165, 1.54) is 12.8 Å². The second-order valence-corrected chi connectivity index (χ2v) is 4.95. The molecule has 4 nitrogen and oxygen atoms in total. The Bertz CT molecular complexity index is 265. The fourth-order valence-corrected chi connectivity index (χ4v) is 2.53. The molecule has 3 unspecified atom stereocenters. The van der Waals surface area contributed by atoms with Crippen molar-refractivity contribution in [1.29, 1.82) is 0 Å². The Morgan fingerprint density at radius 3 is 2.76 bits per heavy atom. The highest BCUT2D eigenvalue weighted by Crippen LogP contribution is 2.38. The summed E-state index contributed by atoms with van der Waals surface area (Å²) in [6.45, 7) is 5.12. The van der Waals surface area contributed by atoms with Crippen molar-refractivity contribution in [2.45, 2.75) is 57.7 Å². The lowest BCUT2D eigenvalue weighted by molar-refractivity contribution is -0.146. The molecule has 1 saturated heterocycles. The van der Waals surface area contributed by atoms with Crippen LogP contribution in [0.3, 0.4) is 0 Å². The Morgan fingerprint density at radius 2 is 2.18 bits per heavy atom. The third-order valence-corrected chi connectivity index (χ3v) is 3.62. The highest BCUT2D eigenvalue weighted by molar-refractivity contribution is 5.75. The van der Waals surface area contributed by atoms with Gasteiger partial charge in [-0.25, -0.2) is 0 Å².